The molecule has 0 N–H and O–H groups in total. The summed E-state index contributed by atoms with van der Waals surface area (Å²) in [5, 5.41) is 2.42. The molecule has 24 heavy (non-hydrogen) atoms. The normalized spacial score (nSPS) is 11.5. The minimum Gasteiger partial charge on any atom is -0.224 e. The van der Waals surface area contributed by atoms with Crippen LogP contribution in [0, 0.1) is 0 Å². The highest BCUT2D eigenvalue weighted by molar-refractivity contribution is 7.92. The highest BCUT2D eigenvalue weighted by atomic mass is 32.2. The highest BCUT2D eigenvalue weighted by Gasteiger charge is 2.19. The molecular weight excluding hydrogens is 335 g/mol. The van der Waals surface area contributed by atoms with Crippen LogP contribution in [-0.4, -0.2) is 20.3 Å². The van der Waals surface area contributed by atoms with Crippen molar-refractivity contribution in [3.63, 3.8) is 0 Å². The van der Waals surface area contributed by atoms with Crippen molar-refractivity contribution in [2.45, 2.75) is 4.90 Å². The summed E-state index contributed by atoms with van der Waals surface area (Å²) in [4.78, 5) is 0.404. The van der Waals surface area contributed by atoms with Gasteiger partial charge in [0.1, 0.15) is 0 Å². The van der Waals surface area contributed by atoms with Crippen molar-refractivity contribution >= 4 is 28.4 Å². The fourth-order valence-electron chi connectivity index (χ4n) is 2.58. The lowest BCUT2D eigenvalue weighted by atomic mass is 10.4. The molecular formula is C20H19O2PS. The summed E-state index contributed by atoms with van der Waals surface area (Å²) < 4.78 is 25.2. The van der Waals surface area contributed by atoms with Crippen LogP contribution in [0.3, 0.4) is 0 Å². The van der Waals surface area contributed by atoms with Crippen molar-refractivity contribution in [3.05, 3.63) is 91.0 Å². The zero-order chi connectivity index (χ0) is 16.8. The standard InChI is InChI=1S/C20H19O2PS/c21-24(22,20-14-8-3-9-15-20)17-16-23(18-10-4-1-5-11-18)19-12-6-2-7-13-19/h1-15H,16-17H2. The van der Waals surface area contributed by atoms with Crippen LogP contribution in [0.5, 0.6) is 0 Å². The van der Waals surface area contributed by atoms with Crippen LogP contribution in [0.15, 0.2) is 95.9 Å². The topological polar surface area (TPSA) is 34.1 Å². The quantitative estimate of drug-likeness (QED) is 0.634. The number of benzene rings is 3. The highest BCUT2D eigenvalue weighted by Crippen LogP contribution is 2.34. The molecule has 0 spiro atoms. The van der Waals surface area contributed by atoms with Gasteiger partial charge in [0, 0.05) is 0 Å². The van der Waals surface area contributed by atoms with E-state index in [9.17, 15) is 8.42 Å². The molecule has 2 nitrogen and oxygen atoms in total. The molecule has 0 bridgehead atoms. The Bertz CT molecular complexity index is 824. The van der Waals surface area contributed by atoms with Crippen LogP contribution in [0.2, 0.25) is 0 Å². The summed E-state index contributed by atoms with van der Waals surface area (Å²) in [6.07, 6.45) is 0.626. The molecule has 0 aromatic heterocycles. The van der Waals surface area contributed by atoms with E-state index in [0.717, 1.165) is 0 Å². The van der Waals surface area contributed by atoms with Gasteiger partial charge in [0.2, 0.25) is 0 Å². The molecule has 122 valence electrons. The number of sulfone groups is 1. The lowest BCUT2D eigenvalue weighted by molar-refractivity contribution is 0.597. The maximum atomic E-state index is 12.6. The van der Waals surface area contributed by atoms with Crippen molar-refractivity contribution in [1.29, 1.82) is 0 Å². The lowest BCUT2D eigenvalue weighted by Gasteiger charge is -2.18. The van der Waals surface area contributed by atoms with Gasteiger partial charge in [-0.2, -0.15) is 0 Å². The van der Waals surface area contributed by atoms with Gasteiger partial charge in [0.15, 0.2) is 9.84 Å². The predicted molar refractivity (Wildman–Crippen MR) is 102 cm³/mol. The fourth-order valence-corrected chi connectivity index (χ4v) is 6.96. The SMILES string of the molecule is O=S(=O)(CCP(c1ccccc1)c1ccccc1)c1ccccc1. The summed E-state index contributed by atoms with van der Waals surface area (Å²) in [5.74, 6) is 0.159. The molecule has 0 atom stereocenters. The van der Waals surface area contributed by atoms with E-state index >= 15 is 0 Å². The number of rotatable bonds is 6. The molecule has 3 aromatic rings. The second kappa shape index (κ2) is 7.74. The molecule has 4 heteroatoms. The molecule has 0 unspecified atom stereocenters. The molecule has 0 aliphatic carbocycles. The largest absolute Gasteiger partial charge is 0.224 e. The van der Waals surface area contributed by atoms with Gasteiger partial charge < -0.3 is 0 Å². The van der Waals surface area contributed by atoms with Crippen LogP contribution in [0.4, 0.5) is 0 Å². The minimum atomic E-state index is -3.26. The average Bonchev–Trinajstić information content (AvgIpc) is 2.64. The van der Waals surface area contributed by atoms with Gasteiger partial charge in [-0.25, -0.2) is 8.42 Å². The molecule has 0 saturated carbocycles. The molecule has 3 rings (SSSR count). The third kappa shape index (κ3) is 4.11. The van der Waals surface area contributed by atoms with Crippen molar-refractivity contribution < 1.29 is 8.42 Å². The first kappa shape index (κ1) is 16.9. The molecule has 3 aromatic carbocycles. The molecule has 0 aliphatic rings. The van der Waals surface area contributed by atoms with Crippen LogP contribution in [0.25, 0.3) is 0 Å². The van der Waals surface area contributed by atoms with E-state index < -0.39 is 17.8 Å². The zero-order valence-corrected chi connectivity index (χ0v) is 15.0. The van der Waals surface area contributed by atoms with E-state index in [4.69, 9.17) is 0 Å². The first-order chi connectivity index (χ1) is 11.7. The van der Waals surface area contributed by atoms with E-state index in [1.54, 1.807) is 24.3 Å². The number of hydrogen-bond donors (Lipinski definition) is 0. The second-order valence-electron chi connectivity index (χ2n) is 5.45. The van der Waals surface area contributed by atoms with E-state index in [-0.39, 0.29) is 5.75 Å². The van der Waals surface area contributed by atoms with Gasteiger partial charge in [0.25, 0.3) is 0 Å². The number of hydrogen-bond acceptors (Lipinski definition) is 2. The third-order valence-electron chi connectivity index (χ3n) is 3.82. The Morgan fingerprint density at radius 1 is 0.625 bits per heavy atom. The van der Waals surface area contributed by atoms with E-state index in [0.29, 0.717) is 11.1 Å². The maximum absolute atomic E-state index is 12.6. The van der Waals surface area contributed by atoms with Gasteiger partial charge in [-0.15, -0.1) is 0 Å². The summed E-state index contributed by atoms with van der Waals surface area (Å²) in [7, 11) is -3.94. The predicted octanol–water partition coefficient (Wildman–Crippen LogP) is 3.59. The molecule has 0 aliphatic heterocycles. The van der Waals surface area contributed by atoms with Crippen LogP contribution in [-0.2, 0) is 9.84 Å². The fraction of sp³-hybridized carbons (Fsp3) is 0.100. The van der Waals surface area contributed by atoms with Crippen molar-refractivity contribution in [2.24, 2.45) is 0 Å². The van der Waals surface area contributed by atoms with Gasteiger partial charge in [-0.05, 0) is 36.8 Å². The Balaban J connectivity index is 1.86. The Morgan fingerprint density at radius 3 is 1.50 bits per heavy atom. The first-order valence-corrected chi connectivity index (χ1v) is 11.0. The zero-order valence-electron chi connectivity index (χ0n) is 13.2. The van der Waals surface area contributed by atoms with E-state index in [1.165, 1.54) is 10.6 Å². The van der Waals surface area contributed by atoms with E-state index in [2.05, 4.69) is 24.3 Å². The molecule has 0 saturated heterocycles. The molecule has 0 fully saturated rings. The van der Waals surface area contributed by atoms with Gasteiger partial charge >= 0.3 is 0 Å². The van der Waals surface area contributed by atoms with Crippen LogP contribution in [0.1, 0.15) is 0 Å². The Hall–Kier alpha value is -1.96. The molecule has 0 heterocycles. The van der Waals surface area contributed by atoms with Crippen LogP contribution < -0.4 is 10.6 Å². The van der Waals surface area contributed by atoms with Crippen molar-refractivity contribution in [3.8, 4) is 0 Å². The summed E-state index contributed by atoms with van der Waals surface area (Å²) in [6.45, 7) is 0. The average molecular weight is 354 g/mol. The lowest BCUT2D eigenvalue weighted by Crippen LogP contribution is -2.19. The monoisotopic (exact) mass is 354 g/mol. The van der Waals surface area contributed by atoms with E-state index in [1.807, 2.05) is 42.5 Å². The third-order valence-corrected chi connectivity index (χ3v) is 8.37. The van der Waals surface area contributed by atoms with Crippen LogP contribution >= 0.6 is 7.92 Å². The van der Waals surface area contributed by atoms with Crippen molar-refractivity contribution in [1.82, 2.24) is 0 Å². The van der Waals surface area contributed by atoms with Crippen molar-refractivity contribution in [2.75, 3.05) is 11.9 Å². The smallest absolute Gasteiger partial charge is 0.178 e. The summed E-state index contributed by atoms with van der Waals surface area (Å²) in [5.41, 5.74) is 0. The Labute approximate surface area is 144 Å². The molecule has 0 radical (unpaired) electrons. The maximum Gasteiger partial charge on any atom is 0.178 e. The summed E-state index contributed by atoms with van der Waals surface area (Å²) in [6, 6.07) is 29.1. The minimum absolute atomic E-state index is 0.159. The Kier molecular flexibility index (Phi) is 5.44. The Morgan fingerprint density at radius 2 is 1.04 bits per heavy atom. The molecule has 0 amide bonds. The first-order valence-electron chi connectivity index (χ1n) is 7.82. The van der Waals surface area contributed by atoms with Gasteiger partial charge in [-0.3, -0.25) is 0 Å². The second-order valence-corrected chi connectivity index (χ2v) is 9.90. The van der Waals surface area contributed by atoms with Gasteiger partial charge in [-0.1, -0.05) is 78.9 Å². The van der Waals surface area contributed by atoms with Gasteiger partial charge in [0.05, 0.1) is 10.6 Å². The summed E-state index contributed by atoms with van der Waals surface area (Å²) >= 11 is 0.